The van der Waals surface area contributed by atoms with Crippen molar-refractivity contribution >= 4 is 16.5 Å². The quantitative estimate of drug-likeness (QED) is 0.595. The number of anilines is 1. The Bertz CT molecular complexity index is 377. The van der Waals surface area contributed by atoms with Crippen LogP contribution in [0.3, 0.4) is 0 Å². The van der Waals surface area contributed by atoms with Gasteiger partial charge in [-0.3, -0.25) is 0 Å². The molecule has 11 heavy (non-hydrogen) atoms. The molecule has 2 aromatic rings. The number of nitrogen functional groups attached to an aromatic ring is 1. The summed E-state index contributed by atoms with van der Waals surface area (Å²) < 4.78 is 0. The summed E-state index contributed by atoms with van der Waals surface area (Å²) in [4.78, 5) is 2.98. The number of nitrogens with one attached hydrogen (secondary N) is 1. The SMILES string of the molecule is Nc1c[nH+]cc2ccccc12. The van der Waals surface area contributed by atoms with Gasteiger partial charge in [-0.1, -0.05) is 18.2 Å². The van der Waals surface area contributed by atoms with Crippen LogP contribution in [0.2, 0.25) is 0 Å². The van der Waals surface area contributed by atoms with E-state index >= 15 is 0 Å². The number of aromatic amines is 1. The first-order valence-electron chi connectivity index (χ1n) is 3.52. The molecule has 1 heterocycles. The lowest BCUT2D eigenvalue weighted by Crippen LogP contribution is -2.02. The molecule has 0 spiro atoms. The summed E-state index contributed by atoms with van der Waals surface area (Å²) in [6, 6.07) is 8.02. The van der Waals surface area contributed by atoms with Crippen molar-refractivity contribution in [2.45, 2.75) is 0 Å². The minimum atomic E-state index is 0.795. The van der Waals surface area contributed by atoms with Gasteiger partial charge in [-0.05, 0) is 6.07 Å². The van der Waals surface area contributed by atoms with E-state index in [1.807, 2.05) is 30.5 Å². The van der Waals surface area contributed by atoms with Crippen LogP contribution in [0.15, 0.2) is 36.7 Å². The number of aromatic nitrogens is 1. The highest BCUT2D eigenvalue weighted by molar-refractivity contribution is 5.90. The molecule has 0 fully saturated rings. The zero-order valence-corrected chi connectivity index (χ0v) is 6.04. The van der Waals surface area contributed by atoms with E-state index in [2.05, 4.69) is 4.98 Å². The van der Waals surface area contributed by atoms with Gasteiger partial charge >= 0.3 is 0 Å². The van der Waals surface area contributed by atoms with Gasteiger partial charge < -0.3 is 5.73 Å². The third-order valence-corrected chi connectivity index (χ3v) is 1.75. The van der Waals surface area contributed by atoms with Crippen LogP contribution in [0.25, 0.3) is 10.8 Å². The van der Waals surface area contributed by atoms with Crippen molar-refractivity contribution in [3.8, 4) is 0 Å². The number of H-pyrrole nitrogens is 1. The van der Waals surface area contributed by atoms with E-state index in [1.165, 1.54) is 0 Å². The second-order valence-electron chi connectivity index (χ2n) is 2.50. The summed E-state index contributed by atoms with van der Waals surface area (Å²) in [5.74, 6) is 0. The molecule has 0 amide bonds. The van der Waals surface area contributed by atoms with Gasteiger partial charge in [0, 0.05) is 10.8 Å². The predicted octanol–water partition coefficient (Wildman–Crippen LogP) is 1.24. The van der Waals surface area contributed by atoms with Crippen LogP contribution >= 0.6 is 0 Å². The van der Waals surface area contributed by atoms with Gasteiger partial charge in [0.15, 0.2) is 12.4 Å². The predicted molar refractivity (Wildman–Crippen MR) is 44.9 cm³/mol. The van der Waals surface area contributed by atoms with E-state index in [4.69, 9.17) is 5.73 Å². The summed E-state index contributed by atoms with van der Waals surface area (Å²) in [5, 5.41) is 2.25. The fourth-order valence-electron chi connectivity index (χ4n) is 1.18. The van der Waals surface area contributed by atoms with Crippen LogP contribution in [0.4, 0.5) is 5.69 Å². The first kappa shape index (κ1) is 6.16. The molecule has 0 aliphatic heterocycles. The third kappa shape index (κ3) is 0.923. The average molecular weight is 145 g/mol. The lowest BCUT2D eigenvalue weighted by atomic mass is 10.1. The van der Waals surface area contributed by atoms with Crippen LogP contribution in [-0.2, 0) is 0 Å². The smallest absolute Gasteiger partial charge is 0.190 e. The Balaban J connectivity index is 2.91. The second kappa shape index (κ2) is 2.23. The molecule has 2 heteroatoms. The van der Waals surface area contributed by atoms with Gasteiger partial charge in [0.05, 0.1) is 0 Å². The van der Waals surface area contributed by atoms with Crippen LogP contribution in [0, 0.1) is 0 Å². The molecule has 3 N–H and O–H groups in total. The average Bonchev–Trinajstić information content (AvgIpc) is 2.06. The molecule has 0 saturated heterocycles. The summed E-state index contributed by atoms with van der Waals surface area (Å²) in [5.41, 5.74) is 6.52. The van der Waals surface area contributed by atoms with Crippen LogP contribution in [-0.4, -0.2) is 0 Å². The topological polar surface area (TPSA) is 40.2 Å². The van der Waals surface area contributed by atoms with Crippen molar-refractivity contribution in [1.82, 2.24) is 0 Å². The first-order valence-corrected chi connectivity index (χ1v) is 3.52. The summed E-state index contributed by atoms with van der Waals surface area (Å²) in [6.07, 6.45) is 3.73. The van der Waals surface area contributed by atoms with E-state index in [-0.39, 0.29) is 0 Å². The molecule has 0 saturated carbocycles. The van der Waals surface area contributed by atoms with Crippen LogP contribution in [0.5, 0.6) is 0 Å². The summed E-state index contributed by atoms with van der Waals surface area (Å²) >= 11 is 0. The number of fused-ring (bicyclic) bond motifs is 1. The second-order valence-corrected chi connectivity index (χ2v) is 2.50. The zero-order valence-electron chi connectivity index (χ0n) is 6.04. The van der Waals surface area contributed by atoms with Gasteiger partial charge in [-0.25, -0.2) is 4.98 Å². The van der Waals surface area contributed by atoms with Crippen molar-refractivity contribution < 1.29 is 4.98 Å². The van der Waals surface area contributed by atoms with Crippen molar-refractivity contribution in [1.29, 1.82) is 0 Å². The van der Waals surface area contributed by atoms with Gasteiger partial charge in [0.25, 0.3) is 0 Å². The van der Waals surface area contributed by atoms with Crippen LogP contribution < -0.4 is 10.7 Å². The van der Waals surface area contributed by atoms with Gasteiger partial charge in [0.2, 0.25) is 0 Å². The summed E-state index contributed by atoms with van der Waals surface area (Å²) in [6.45, 7) is 0. The lowest BCUT2D eigenvalue weighted by molar-refractivity contribution is -0.374. The lowest BCUT2D eigenvalue weighted by Gasteiger charge is -1.94. The Morgan fingerprint density at radius 3 is 2.73 bits per heavy atom. The number of hydrogen-bond acceptors (Lipinski definition) is 1. The zero-order chi connectivity index (χ0) is 7.68. The summed E-state index contributed by atoms with van der Waals surface area (Å²) in [7, 11) is 0. The molecule has 1 aromatic carbocycles. The molecule has 1 aromatic heterocycles. The highest BCUT2D eigenvalue weighted by Crippen LogP contribution is 2.16. The minimum absolute atomic E-state index is 0.795. The molecule has 54 valence electrons. The maximum absolute atomic E-state index is 5.72. The molecule has 0 aliphatic carbocycles. The molecular weight excluding hydrogens is 136 g/mol. The maximum atomic E-state index is 5.72. The van der Waals surface area contributed by atoms with Gasteiger partial charge in [-0.15, -0.1) is 0 Å². The Kier molecular flexibility index (Phi) is 1.25. The molecule has 0 unspecified atom stereocenters. The number of benzene rings is 1. The Morgan fingerprint density at radius 2 is 1.91 bits per heavy atom. The Hall–Kier alpha value is -1.57. The van der Waals surface area contributed by atoms with Crippen molar-refractivity contribution in [2.75, 3.05) is 5.73 Å². The van der Waals surface area contributed by atoms with Crippen LogP contribution in [0.1, 0.15) is 0 Å². The molecule has 0 bridgehead atoms. The fraction of sp³-hybridized carbons (Fsp3) is 0. The molecule has 0 radical (unpaired) electrons. The van der Waals surface area contributed by atoms with E-state index in [0.717, 1.165) is 16.5 Å². The normalized spacial score (nSPS) is 10.2. The molecule has 2 rings (SSSR count). The maximum Gasteiger partial charge on any atom is 0.190 e. The Labute approximate surface area is 64.7 Å². The largest absolute Gasteiger partial charge is 0.393 e. The van der Waals surface area contributed by atoms with E-state index in [0.29, 0.717) is 0 Å². The number of pyridine rings is 1. The van der Waals surface area contributed by atoms with Crippen molar-refractivity contribution in [3.05, 3.63) is 36.7 Å². The van der Waals surface area contributed by atoms with Gasteiger partial charge in [-0.2, -0.15) is 0 Å². The first-order chi connectivity index (χ1) is 5.38. The standard InChI is InChI=1S/C9H8N2/c10-9-6-11-5-7-3-1-2-4-8(7)9/h1-6H,10H2/p+1. The number of nitrogens with two attached hydrogens (primary N) is 1. The molecule has 0 atom stereocenters. The highest BCUT2D eigenvalue weighted by atomic mass is 14.7. The van der Waals surface area contributed by atoms with Gasteiger partial charge in [0.1, 0.15) is 5.69 Å². The van der Waals surface area contributed by atoms with E-state index in [1.54, 1.807) is 6.20 Å². The third-order valence-electron chi connectivity index (χ3n) is 1.75. The molecular formula is C9H9N2+. The minimum Gasteiger partial charge on any atom is -0.393 e. The van der Waals surface area contributed by atoms with E-state index < -0.39 is 0 Å². The van der Waals surface area contributed by atoms with Crippen molar-refractivity contribution in [3.63, 3.8) is 0 Å². The molecule has 0 aliphatic rings. The highest BCUT2D eigenvalue weighted by Gasteiger charge is 1.98. The monoisotopic (exact) mass is 145 g/mol. The van der Waals surface area contributed by atoms with Crippen molar-refractivity contribution in [2.24, 2.45) is 0 Å². The Morgan fingerprint density at radius 1 is 1.09 bits per heavy atom. The number of rotatable bonds is 0. The van der Waals surface area contributed by atoms with E-state index in [9.17, 15) is 0 Å². The molecule has 2 nitrogen and oxygen atoms in total. The number of hydrogen-bond donors (Lipinski definition) is 1. The fourth-order valence-corrected chi connectivity index (χ4v) is 1.18.